The van der Waals surface area contributed by atoms with E-state index in [4.69, 9.17) is 4.74 Å². The molecule has 8 nitrogen and oxygen atoms in total. The normalized spacial score (nSPS) is 38.4. The molecule has 114 valence electrons. The van der Waals surface area contributed by atoms with Gasteiger partial charge in [0.2, 0.25) is 0 Å². The minimum absolute atomic E-state index is 0.394. The fraction of sp³-hybridized carbons (Fsp3) is 0.462. The molecule has 2 bridgehead atoms. The van der Waals surface area contributed by atoms with E-state index in [0.717, 1.165) is 4.90 Å². The SMILES string of the molecule is O=C(Nc1ccccc1)N1[C@@H]2OC[C@]1(O)[C@@H](O)[C@H](O)[C@H]2O. The number of aliphatic hydroxyl groups excluding tert-OH is 3. The predicted molar refractivity (Wildman–Crippen MR) is 70.0 cm³/mol. The Bertz CT molecular complexity index is 541. The van der Waals surface area contributed by atoms with Gasteiger partial charge in [-0.1, -0.05) is 18.2 Å². The third kappa shape index (κ3) is 2.08. The molecule has 2 aliphatic heterocycles. The second-order valence-electron chi connectivity index (χ2n) is 5.17. The van der Waals surface area contributed by atoms with Crippen molar-refractivity contribution in [3.8, 4) is 0 Å². The third-order valence-corrected chi connectivity index (χ3v) is 3.82. The summed E-state index contributed by atoms with van der Waals surface area (Å²) in [5.41, 5.74) is -1.59. The standard InChI is InChI=1S/C13H16N2O6/c16-8-9(17)11-15(13(20,6-21-11)10(8)18)12(19)14-7-4-2-1-3-5-7/h1-5,8-11,16-18,20H,6H2,(H,14,19)/t8-,9-,10+,11-,13+/m1/s1. The number of hydrogen-bond donors (Lipinski definition) is 5. The van der Waals surface area contributed by atoms with E-state index in [0.29, 0.717) is 5.69 Å². The van der Waals surface area contributed by atoms with Gasteiger partial charge in [-0.05, 0) is 12.1 Å². The first-order valence-electron chi connectivity index (χ1n) is 6.49. The maximum Gasteiger partial charge on any atom is 0.326 e. The van der Waals surface area contributed by atoms with Crippen LogP contribution >= 0.6 is 0 Å². The Morgan fingerprint density at radius 3 is 2.57 bits per heavy atom. The maximum absolute atomic E-state index is 12.3. The van der Waals surface area contributed by atoms with Crippen LogP contribution in [0.1, 0.15) is 0 Å². The number of rotatable bonds is 1. The highest BCUT2D eigenvalue weighted by Crippen LogP contribution is 2.38. The molecular weight excluding hydrogens is 280 g/mol. The average Bonchev–Trinajstić information content (AvgIpc) is 2.81. The van der Waals surface area contributed by atoms with E-state index in [1.54, 1.807) is 30.3 Å². The number of anilines is 1. The number of nitrogens with one attached hydrogen (secondary N) is 1. The maximum atomic E-state index is 12.3. The topological polar surface area (TPSA) is 122 Å². The van der Waals surface area contributed by atoms with E-state index in [2.05, 4.69) is 5.32 Å². The van der Waals surface area contributed by atoms with E-state index in [1.165, 1.54) is 0 Å². The number of ether oxygens (including phenoxy) is 1. The van der Waals surface area contributed by atoms with E-state index in [1.807, 2.05) is 0 Å². The van der Waals surface area contributed by atoms with Gasteiger partial charge in [0.25, 0.3) is 0 Å². The highest BCUT2D eigenvalue weighted by atomic mass is 16.6. The van der Waals surface area contributed by atoms with E-state index < -0.39 is 42.9 Å². The van der Waals surface area contributed by atoms with Crippen molar-refractivity contribution in [2.45, 2.75) is 30.3 Å². The highest BCUT2D eigenvalue weighted by molar-refractivity contribution is 5.90. The van der Waals surface area contributed by atoms with Crippen LogP contribution in [0.3, 0.4) is 0 Å². The largest absolute Gasteiger partial charge is 0.387 e. The van der Waals surface area contributed by atoms with Gasteiger partial charge in [-0.2, -0.15) is 0 Å². The van der Waals surface area contributed by atoms with Gasteiger partial charge in [0.1, 0.15) is 24.9 Å². The summed E-state index contributed by atoms with van der Waals surface area (Å²) < 4.78 is 5.15. The number of piperidine rings is 1. The van der Waals surface area contributed by atoms with Gasteiger partial charge in [0.15, 0.2) is 12.0 Å². The van der Waals surface area contributed by atoms with Crippen LogP contribution < -0.4 is 5.32 Å². The van der Waals surface area contributed by atoms with E-state index >= 15 is 0 Å². The molecule has 1 aromatic carbocycles. The summed E-state index contributed by atoms with van der Waals surface area (Å²) in [6.45, 7) is -0.394. The number of carbonyl (C=O) groups excluding carboxylic acids is 1. The number of urea groups is 1. The molecule has 0 radical (unpaired) electrons. The van der Waals surface area contributed by atoms with Crippen LogP contribution in [-0.4, -0.2) is 68.2 Å². The van der Waals surface area contributed by atoms with Gasteiger partial charge >= 0.3 is 6.03 Å². The molecule has 2 fully saturated rings. The molecular formula is C13H16N2O6. The minimum atomic E-state index is -2.08. The first-order chi connectivity index (χ1) is 9.95. The molecule has 2 heterocycles. The van der Waals surface area contributed by atoms with Crippen molar-refractivity contribution in [1.82, 2.24) is 4.90 Å². The van der Waals surface area contributed by atoms with Gasteiger partial charge in [0.05, 0.1) is 0 Å². The summed E-state index contributed by atoms with van der Waals surface area (Å²) >= 11 is 0. The van der Waals surface area contributed by atoms with Crippen LogP contribution in [0, 0.1) is 0 Å². The third-order valence-electron chi connectivity index (χ3n) is 3.82. The molecule has 2 aliphatic rings. The molecule has 0 aromatic heterocycles. The molecule has 1 aromatic rings. The number of benzene rings is 1. The van der Waals surface area contributed by atoms with Crippen LogP contribution in [-0.2, 0) is 4.74 Å². The second kappa shape index (κ2) is 4.93. The number of amides is 2. The molecule has 2 saturated heterocycles. The zero-order chi connectivity index (χ0) is 15.2. The lowest BCUT2D eigenvalue weighted by Gasteiger charge is -2.45. The number of hydrogen-bond acceptors (Lipinski definition) is 6. The smallest absolute Gasteiger partial charge is 0.326 e. The fourth-order valence-corrected chi connectivity index (χ4v) is 2.68. The summed E-state index contributed by atoms with van der Waals surface area (Å²) in [6, 6.07) is 7.78. The molecule has 8 heteroatoms. The van der Waals surface area contributed by atoms with Gasteiger partial charge in [-0.15, -0.1) is 0 Å². The Balaban J connectivity index is 1.86. The summed E-state index contributed by atoms with van der Waals surface area (Å²) in [6.07, 6.45) is -6.06. The van der Waals surface area contributed by atoms with Gasteiger partial charge in [-0.3, -0.25) is 4.90 Å². The number of fused-ring (bicyclic) bond motifs is 2. The first-order valence-corrected chi connectivity index (χ1v) is 6.49. The molecule has 0 spiro atoms. The lowest BCUT2D eigenvalue weighted by Crippen LogP contribution is -2.71. The molecule has 2 amide bonds. The molecule has 5 N–H and O–H groups in total. The Morgan fingerprint density at radius 2 is 1.90 bits per heavy atom. The van der Waals surface area contributed by atoms with Crippen LogP contribution in [0.2, 0.25) is 0 Å². The van der Waals surface area contributed by atoms with E-state index in [-0.39, 0.29) is 0 Å². The van der Waals surface area contributed by atoms with Crippen LogP contribution in [0.5, 0.6) is 0 Å². The lowest BCUT2D eigenvalue weighted by molar-refractivity contribution is -0.233. The van der Waals surface area contributed by atoms with Crippen LogP contribution in [0.4, 0.5) is 10.5 Å². The van der Waals surface area contributed by atoms with Crippen LogP contribution in [0.15, 0.2) is 30.3 Å². The second-order valence-corrected chi connectivity index (χ2v) is 5.17. The van der Waals surface area contributed by atoms with Crippen molar-refractivity contribution in [3.05, 3.63) is 30.3 Å². The number of para-hydroxylation sites is 1. The zero-order valence-corrected chi connectivity index (χ0v) is 11.0. The highest BCUT2D eigenvalue weighted by Gasteiger charge is 2.63. The minimum Gasteiger partial charge on any atom is -0.387 e. The quantitative estimate of drug-likeness (QED) is 0.437. The summed E-state index contributed by atoms with van der Waals surface area (Å²) in [5, 5.41) is 42.4. The van der Waals surface area contributed by atoms with Gasteiger partial charge in [-0.25, -0.2) is 4.79 Å². The van der Waals surface area contributed by atoms with Gasteiger partial charge in [0, 0.05) is 5.69 Å². The van der Waals surface area contributed by atoms with Crippen molar-refractivity contribution in [3.63, 3.8) is 0 Å². The zero-order valence-electron chi connectivity index (χ0n) is 11.0. The number of nitrogens with zero attached hydrogens (tertiary/aromatic N) is 1. The average molecular weight is 296 g/mol. The number of carbonyl (C=O) groups is 1. The Labute approximate surface area is 120 Å². The molecule has 0 saturated carbocycles. The molecule has 0 unspecified atom stereocenters. The Kier molecular flexibility index (Phi) is 3.34. The molecule has 3 rings (SSSR count). The van der Waals surface area contributed by atoms with Crippen molar-refractivity contribution in [1.29, 1.82) is 0 Å². The fourth-order valence-electron chi connectivity index (χ4n) is 2.68. The van der Waals surface area contributed by atoms with Crippen molar-refractivity contribution >= 4 is 11.7 Å². The lowest BCUT2D eigenvalue weighted by atomic mass is 9.92. The molecule has 5 atom stereocenters. The van der Waals surface area contributed by atoms with E-state index in [9.17, 15) is 25.2 Å². The summed E-state index contributed by atoms with van der Waals surface area (Å²) in [5.74, 6) is 0. The monoisotopic (exact) mass is 296 g/mol. The predicted octanol–water partition coefficient (Wildman–Crippen LogP) is -1.34. The Hall–Kier alpha value is -1.71. The van der Waals surface area contributed by atoms with Crippen molar-refractivity contribution < 1.29 is 30.0 Å². The van der Waals surface area contributed by atoms with Crippen LogP contribution in [0.25, 0.3) is 0 Å². The Morgan fingerprint density at radius 1 is 1.24 bits per heavy atom. The van der Waals surface area contributed by atoms with Crippen molar-refractivity contribution in [2.24, 2.45) is 0 Å². The first kappa shape index (κ1) is 14.2. The molecule has 0 aliphatic carbocycles. The molecule has 21 heavy (non-hydrogen) atoms. The summed E-state index contributed by atoms with van der Waals surface area (Å²) in [7, 11) is 0. The number of aliphatic hydroxyl groups is 4. The van der Waals surface area contributed by atoms with Crippen molar-refractivity contribution in [2.75, 3.05) is 11.9 Å². The summed E-state index contributed by atoms with van der Waals surface area (Å²) in [4.78, 5) is 13.1. The van der Waals surface area contributed by atoms with Gasteiger partial charge < -0.3 is 30.5 Å².